The first kappa shape index (κ1) is 20.4. The number of rotatable bonds is 4. The number of carbonyl (C=O) groups excluding carboxylic acids is 1. The molecule has 2 saturated carbocycles. The third kappa shape index (κ3) is 4.42. The van der Waals surface area contributed by atoms with E-state index in [0.29, 0.717) is 6.54 Å². The minimum Gasteiger partial charge on any atom is -0.446 e. The van der Waals surface area contributed by atoms with E-state index in [0.717, 1.165) is 25.7 Å². The molecule has 0 bridgehead atoms. The second kappa shape index (κ2) is 9.30. The maximum atomic E-state index is 13.5. The Hall–Kier alpha value is -2.55. The van der Waals surface area contributed by atoms with Gasteiger partial charge in [0.25, 0.3) is 0 Å². The van der Waals surface area contributed by atoms with E-state index in [4.69, 9.17) is 4.74 Å². The van der Waals surface area contributed by atoms with Crippen molar-refractivity contribution in [2.24, 2.45) is 0 Å². The summed E-state index contributed by atoms with van der Waals surface area (Å²) in [6, 6.07) is 19.7. The summed E-state index contributed by atoms with van der Waals surface area (Å²) in [4.78, 5) is 15.6. The number of benzene rings is 3. The molecule has 2 aliphatic rings. The van der Waals surface area contributed by atoms with Gasteiger partial charge in [-0.15, -0.1) is 0 Å². The van der Waals surface area contributed by atoms with Gasteiger partial charge in [-0.2, -0.15) is 0 Å². The van der Waals surface area contributed by atoms with Gasteiger partial charge in [-0.1, -0.05) is 74.2 Å². The van der Waals surface area contributed by atoms with Gasteiger partial charge < -0.3 is 9.64 Å². The van der Waals surface area contributed by atoms with E-state index >= 15 is 0 Å². The Kier molecular flexibility index (Phi) is 6.11. The molecule has 0 radical (unpaired) electrons. The number of nitrogens with zero attached hydrogens (tertiary/aromatic N) is 1. The molecule has 3 aromatic rings. The zero-order valence-corrected chi connectivity index (χ0v) is 18.4. The third-order valence-electron chi connectivity index (χ3n) is 7.28. The molecular weight excluding hydrogens is 382 g/mol. The van der Waals surface area contributed by atoms with Gasteiger partial charge in [-0.3, -0.25) is 0 Å². The van der Waals surface area contributed by atoms with Crippen LogP contribution in [0.4, 0.5) is 4.79 Å². The number of carbonyl (C=O) groups is 1. The van der Waals surface area contributed by atoms with E-state index in [1.165, 1.54) is 65.6 Å². The lowest BCUT2D eigenvalue weighted by atomic mass is 9.92. The van der Waals surface area contributed by atoms with Crippen LogP contribution >= 0.6 is 0 Å². The van der Waals surface area contributed by atoms with Gasteiger partial charge in [0.1, 0.15) is 6.10 Å². The topological polar surface area (TPSA) is 29.5 Å². The molecule has 0 unspecified atom stereocenters. The van der Waals surface area contributed by atoms with Gasteiger partial charge in [0, 0.05) is 6.04 Å². The number of hydrogen-bond acceptors (Lipinski definition) is 2. The highest BCUT2D eigenvalue weighted by Gasteiger charge is 2.30. The predicted octanol–water partition coefficient (Wildman–Crippen LogP) is 7.60. The molecule has 0 atom stereocenters. The highest BCUT2D eigenvalue weighted by Crippen LogP contribution is 2.33. The largest absolute Gasteiger partial charge is 0.446 e. The number of hydrogen-bond donors (Lipinski definition) is 0. The first-order valence-corrected chi connectivity index (χ1v) is 12.2. The van der Waals surface area contributed by atoms with Gasteiger partial charge >= 0.3 is 6.09 Å². The molecule has 3 nitrogen and oxygen atoms in total. The van der Waals surface area contributed by atoms with E-state index in [1.54, 1.807) is 0 Å². The highest BCUT2D eigenvalue weighted by molar-refractivity contribution is 6.02. The second-order valence-corrected chi connectivity index (χ2v) is 9.36. The van der Waals surface area contributed by atoms with Gasteiger partial charge in [0.2, 0.25) is 0 Å². The lowest BCUT2D eigenvalue weighted by molar-refractivity contribution is 0.0287. The monoisotopic (exact) mass is 415 g/mol. The van der Waals surface area contributed by atoms with Crippen molar-refractivity contribution in [3.8, 4) is 0 Å². The summed E-state index contributed by atoms with van der Waals surface area (Å²) in [6.45, 7) is 0.623. The zero-order valence-electron chi connectivity index (χ0n) is 18.4. The van der Waals surface area contributed by atoms with Crippen molar-refractivity contribution < 1.29 is 9.53 Å². The fraction of sp³-hybridized carbons (Fsp3) is 0.464. The molecule has 0 aromatic heterocycles. The average molecular weight is 416 g/mol. The Morgan fingerprint density at radius 3 is 1.94 bits per heavy atom. The molecule has 5 rings (SSSR count). The van der Waals surface area contributed by atoms with Crippen molar-refractivity contribution in [3.63, 3.8) is 0 Å². The van der Waals surface area contributed by atoms with Crippen LogP contribution in [0, 0.1) is 0 Å². The summed E-state index contributed by atoms with van der Waals surface area (Å²) in [5.74, 6) is 0. The molecule has 162 valence electrons. The Balaban J connectivity index is 1.52. The van der Waals surface area contributed by atoms with Gasteiger partial charge in [-0.05, 0) is 71.7 Å². The normalized spacial score (nSPS) is 18.3. The van der Waals surface area contributed by atoms with Crippen LogP contribution in [-0.2, 0) is 11.3 Å². The maximum absolute atomic E-state index is 13.5. The van der Waals surface area contributed by atoms with Crippen LogP contribution < -0.4 is 0 Å². The Morgan fingerprint density at radius 2 is 1.32 bits per heavy atom. The van der Waals surface area contributed by atoms with Crippen molar-refractivity contribution in [1.82, 2.24) is 4.90 Å². The quantitative estimate of drug-likeness (QED) is 0.411. The van der Waals surface area contributed by atoms with Crippen molar-refractivity contribution in [2.75, 3.05) is 0 Å². The number of fused-ring (bicyclic) bond motifs is 2. The maximum Gasteiger partial charge on any atom is 0.410 e. The average Bonchev–Trinajstić information content (AvgIpc) is 2.83. The summed E-state index contributed by atoms with van der Waals surface area (Å²) in [6.07, 6.45) is 11.5. The predicted molar refractivity (Wildman–Crippen MR) is 127 cm³/mol. The number of amides is 1. The minimum absolute atomic E-state index is 0.0941. The lowest BCUT2D eigenvalue weighted by Crippen LogP contribution is -2.42. The second-order valence-electron chi connectivity index (χ2n) is 9.36. The van der Waals surface area contributed by atoms with Gasteiger partial charge in [-0.25, -0.2) is 4.79 Å². The van der Waals surface area contributed by atoms with Crippen molar-refractivity contribution >= 4 is 27.6 Å². The Morgan fingerprint density at radius 1 is 0.774 bits per heavy atom. The van der Waals surface area contributed by atoms with E-state index < -0.39 is 0 Å². The first-order chi connectivity index (χ1) is 15.3. The molecule has 31 heavy (non-hydrogen) atoms. The Bertz CT molecular complexity index is 993. The van der Waals surface area contributed by atoms with Crippen molar-refractivity contribution in [3.05, 3.63) is 60.2 Å². The minimum atomic E-state index is -0.101. The molecule has 3 aromatic carbocycles. The fourth-order valence-electron chi connectivity index (χ4n) is 5.58. The molecule has 2 aliphatic carbocycles. The summed E-state index contributed by atoms with van der Waals surface area (Å²) in [5.41, 5.74) is 1.25. The summed E-state index contributed by atoms with van der Waals surface area (Å²) >= 11 is 0. The highest BCUT2D eigenvalue weighted by atomic mass is 16.6. The van der Waals surface area contributed by atoms with Crippen LogP contribution in [0.5, 0.6) is 0 Å². The molecule has 0 aliphatic heterocycles. The SMILES string of the molecule is O=C(OC1CCCCC1)N(Cc1c2ccccc2cc2ccccc12)C1CCCCC1. The summed E-state index contributed by atoms with van der Waals surface area (Å²) < 4.78 is 6.09. The summed E-state index contributed by atoms with van der Waals surface area (Å²) in [5, 5.41) is 4.96. The van der Waals surface area contributed by atoms with Gasteiger partial charge in [0.05, 0.1) is 6.54 Å². The van der Waals surface area contributed by atoms with E-state index in [9.17, 15) is 4.79 Å². The van der Waals surface area contributed by atoms with Crippen LogP contribution in [0.3, 0.4) is 0 Å². The smallest absolute Gasteiger partial charge is 0.410 e. The summed E-state index contributed by atoms with van der Waals surface area (Å²) in [7, 11) is 0. The van der Waals surface area contributed by atoms with Crippen LogP contribution in [0.15, 0.2) is 54.6 Å². The van der Waals surface area contributed by atoms with Gasteiger partial charge in [0.15, 0.2) is 0 Å². The lowest BCUT2D eigenvalue weighted by Gasteiger charge is -2.35. The molecule has 1 amide bonds. The van der Waals surface area contributed by atoms with Crippen molar-refractivity contribution in [1.29, 1.82) is 0 Å². The van der Waals surface area contributed by atoms with E-state index in [1.807, 2.05) is 0 Å². The van der Waals surface area contributed by atoms with Crippen LogP contribution in [0.1, 0.15) is 69.8 Å². The fourth-order valence-corrected chi connectivity index (χ4v) is 5.58. The van der Waals surface area contributed by atoms with E-state index in [2.05, 4.69) is 59.5 Å². The van der Waals surface area contributed by atoms with Crippen LogP contribution in [0.2, 0.25) is 0 Å². The molecule has 3 heteroatoms. The third-order valence-corrected chi connectivity index (χ3v) is 7.28. The zero-order chi connectivity index (χ0) is 21.0. The van der Waals surface area contributed by atoms with Crippen LogP contribution in [0.25, 0.3) is 21.5 Å². The molecule has 0 saturated heterocycles. The molecular formula is C28H33NO2. The van der Waals surface area contributed by atoms with E-state index in [-0.39, 0.29) is 18.2 Å². The van der Waals surface area contributed by atoms with Crippen molar-refractivity contribution in [2.45, 2.75) is 82.9 Å². The molecule has 0 N–H and O–H groups in total. The molecule has 0 spiro atoms. The van der Waals surface area contributed by atoms with Crippen LogP contribution in [-0.4, -0.2) is 23.1 Å². The molecule has 0 heterocycles. The molecule has 2 fully saturated rings. The standard InChI is InChI=1S/C28H33NO2/c30-28(31-24-15-5-2-6-16-24)29(23-13-3-1-4-14-23)20-27-25-17-9-7-11-21(25)19-22-12-8-10-18-26(22)27/h7-12,17-19,23-24H,1-6,13-16,20H2. The number of ether oxygens (including phenoxy) is 1. The first-order valence-electron chi connectivity index (χ1n) is 12.2. The Labute approximate surface area is 185 Å².